The topological polar surface area (TPSA) is 110 Å². The molecule has 12 heteroatoms. The molecule has 8 rings (SSSR count). The monoisotopic (exact) mass is 737 g/mol. The van der Waals surface area contributed by atoms with Crippen LogP contribution < -0.4 is 10.1 Å². The molecule has 3 aromatic heterocycles. The van der Waals surface area contributed by atoms with E-state index < -0.39 is 5.82 Å². The van der Waals surface area contributed by atoms with Gasteiger partial charge in [-0.15, -0.1) is 0 Å². The molecule has 1 fully saturated rings. The molecule has 1 saturated heterocycles. The minimum atomic E-state index is -0.396. The Labute approximate surface area is 314 Å². The fraction of sp³-hybridized carbons (Fsp3) is 0.317. The number of H-pyrrole nitrogens is 1. The lowest BCUT2D eigenvalue weighted by Crippen LogP contribution is -2.29. The zero-order chi connectivity index (χ0) is 37.3. The van der Waals surface area contributed by atoms with Crippen LogP contribution in [0.3, 0.4) is 0 Å². The maximum absolute atomic E-state index is 14.0. The van der Waals surface area contributed by atoms with Crippen LogP contribution in [-0.2, 0) is 29.7 Å². The zero-order valence-corrected chi connectivity index (χ0v) is 31.3. The second-order valence-electron chi connectivity index (χ2n) is 13.4. The average molecular weight is 738 g/mol. The quantitative estimate of drug-likeness (QED) is 0.143. The first kappa shape index (κ1) is 37.7. The molecule has 2 N–H and O–H groups in total. The average Bonchev–Trinajstić information content (AvgIpc) is 3.68. The van der Waals surface area contributed by atoms with Gasteiger partial charge in [0.05, 0.1) is 28.8 Å². The molecule has 0 spiro atoms. The highest BCUT2D eigenvalue weighted by Gasteiger charge is 2.18. The van der Waals surface area contributed by atoms with E-state index in [4.69, 9.17) is 26.1 Å². The highest BCUT2D eigenvalue weighted by atomic mass is 35.5. The largest absolute Gasteiger partial charge is 0.473 e. The van der Waals surface area contributed by atoms with Gasteiger partial charge in [-0.2, -0.15) is 5.10 Å². The van der Waals surface area contributed by atoms with Crippen LogP contribution in [0.4, 0.5) is 10.1 Å². The lowest BCUT2D eigenvalue weighted by molar-refractivity contribution is -0.105. The van der Waals surface area contributed by atoms with E-state index in [0.717, 1.165) is 72.1 Å². The van der Waals surface area contributed by atoms with Crippen molar-refractivity contribution in [2.75, 3.05) is 31.6 Å². The Kier molecular flexibility index (Phi) is 12.5. The smallest absolute Gasteiger partial charge is 0.214 e. The number of anilines is 1. The summed E-state index contributed by atoms with van der Waals surface area (Å²) in [7, 11) is 2.01. The summed E-state index contributed by atoms with van der Waals surface area (Å²) in [6.45, 7) is 10.9. The number of nitrogens with zero attached hydrogens (tertiary/aromatic N) is 5. The van der Waals surface area contributed by atoms with Crippen molar-refractivity contribution in [2.24, 2.45) is 7.05 Å². The van der Waals surface area contributed by atoms with Gasteiger partial charge in [0.2, 0.25) is 12.3 Å². The summed E-state index contributed by atoms with van der Waals surface area (Å²) in [5.74, 6) is 1.53. The number of hydrogen-bond donors (Lipinski definition) is 2. The minimum absolute atomic E-state index is 0.0804. The molecule has 6 aromatic rings. The maximum atomic E-state index is 14.0. The van der Waals surface area contributed by atoms with E-state index in [2.05, 4.69) is 75.0 Å². The molecule has 3 aromatic carbocycles. The van der Waals surface area contributed by atoms with E-state index in [1.54, 1.807) is 18.2 Å². The molecule has 53 heavy (non-hydrogen) atoms. The van der Waals surface area contributed by atoms with Gasteiger partial charge >= 0.3 is 0 Å². The lowest BCUT2D eigenvalue weighted by atomic mass is 10.0. The molecule has 0 unspecified atom stereocenters. The number of ether oxygens (including phenoxy) is 2. The minimum Gasteiger partial charge on any atom is -0.473 e. The summed E-state index contributed by atoms with van der Waals surface area (Å²) in [6.07, 6.45) is 4.97. The molecular weight excluding hydrogens is 693 g/mol. The van der Waals surface area contributed by atoms with Gasteiger partial charge in [0.25, 0.3) is 0 Å². The summed E-state index contributed by atoms with van der Waals surface area (Å²) in [5.41, 5.74) is 8.64. The molecule has 2 aliphatic rings. The lowest BCUT2D eigenvalue weighted by Gasteiger charge is -2.25. The molecule has 5 heterocycles. The normalized spacial score (nSPS) is 14.1. The molecule has 276 valence electrons. The van der Waals surface area contributed by atoms with Gasteiger partial charge in [-0.3, -0.25) is 14.8 Å². The first-order valence-electron chi connectivity index (χ1n) is 17.8. The van der Waals surface area contributed by atoms with Crippen molar-refractivity contribution in [1.82, 2.24) is 29.6 Å². The highest BCUT2D eigenvalue weighted by molar-refractivity contribution is 6.30. The Balaban J connectivity index is 0.000000231. The second-order valence-corrected chi connectivity index (χ2v) is 13.9. The summed E-state index contributed by atoms with van der Waals surface area (Å²) >= 11 is 5.82. The molecule has 1 amide bonds. The van der Waals surface area contributed by atoms with Gasteiger partial charge in [-0.25, -0.2) is 14.4 Å². The van der Waals surface area contributed by atoms with Gasteiger partial charge in [0, 0.05) is 66.8 Å². The molecule has 2 aliphatic heterocycles. The van der Waals surface area contributed by atoms with Crippen molar-refractivity contribution in [3.8, 4) is 5.88 Å². The van der Waals surface area contributed by atoms with Crippen molar-refractivity contribution in [2.45, 2.75) is 52.7 Å². The van der Waals surface area contributed by atoms with E-state index in [-0.39, 0.29) is 6.61 Å². The number of imidazole rings is 1. The first-order chi connectivity index (χ1) is 25.7. The van der Waals surface area contributed by atoms with Crippen molar-refractivity contribution >= 4 is 51.2 Å². The Morgan fingerprint density at radius 1 is 1.06 bits per heavy atom. The number of benzene rings is 3. The van der Waals surface area contributed by atoms with E-state index in [1.807, 2.05) is 37.4 Å². The van der Waals surface area contributed by atoms with Gasteiger partial charge in [0.15, 0.2) is 0 Å². The molecule has 0 atom stereocenters. The third kappa shape index (κ3) is 9.67. The Morgan fingerprint density at radius 2 is 1.87 bits per heavy atom. The molecule has 10 nitrogen and oxygen atoms in total. The van der Waals surface area contributed by atoms with Crippen molar-refractivity contribution in [3.05, 3.63) is 118 Å². The van der Waals surface area contributed by atoms with Crippen molar-refractivity contribution in [1.29, 1.82) is 0 Å². The number of amides is 1. The SMILES string of the molecule is C1COC1.Cc1ccc2n[nH]c(C(C)C)c2c1.Cn1c(CN2CC=C(c3cccc(OCc4ccc(Cl)cc4F)n3)CC2)nc2cc(NC=O)ccc21. The van der Waals surface area contributed by atoms with Crippen molar-refractivity contribution in [3.63, 3.8) is 0 Å². The van der Waals surface area contributed by atoms with Gasteiger partial charge < -0.3 is 19.4 Å². The molecule has 0 saturated carbocycles. The van der Waals surface area contributed by atoms with Crippen LogP contribution >= 0.6 is 11.6 Å². The van der Waals surface area contributed by atoms with E-state index in [9.17, 15) is 9.18 Å². The summed E-state index contributed by atoms with van der Waals surface area (Å²) in [6, 6.07) is 22.2. The number of aromatic amines is 1. The zero-order valence-electron chi connectivity index (χ0n) is 30.5. The van der Waals surface area contributed by atoms with Crippen LogP contribution in [0.25, 0.3) is 27.5 Å². The van der Waals surface area contributed by atoms with Crippen molar-refractivity contribution < 1.29 is 18.7 Å². The Bertz CT molecular complexity index is 2210. The number of hydrogen-bond acceptors (Lipinski definition) is 7. The van der Waals surface area contributed by atoms with Crippen LogP contribution in [0.15, 0.2) is 78.9 Å². The molecular formula is C41H45ClFN7O3. The van der Waals surface area contributed by atoms with Gasteiger partial charge in [-0.1, -0.05) is 55.3 Å². The predicted molar refractivity (Wildman–Crippen MR) is 209 cm³/mol. The van der Waals surface area contributed by atoms with Crippen LogP contribution in [0, 0.1) is 12.7 Å². The highest BCUT2D eigenvalue weighted by Crippen LogP contribution is 2.26. The van der Waals surface area contributed by atoms with Crippen LogP contribution in [0.2, 0.25) is 5.02 Å². The van der Waals surface area contributed by atoms with E-state index in [0.29, 0.717) is 35.3 Å². The predicted octanol–water partition coefficient (Wildman–Crippen LogP) is 8.60. The summed E-state index contributed by atoms with van der Waals surface area (Å²) in [4.78, 5) is 22.5. The summed E-state index contributed by atoms with van der Waals surface area (Å²) < 4.78 is 26.6. The number of halogens is 2. The van der Waals surface area contributed by atoms with E-state index >= 15 is 0 Å². The number of rotatable bonds is 9. The fourth-order valence-corrected chi connectivity index (χ4v) is 6.19. The number of pyridine rings is 1. The van der Waals surface area contributed by atoms with E-state index in [1.165, 1.54) is 29.1 Å². The molecule has 0 bridgehead atoms. The van der Waals surface area contributed by atoms with Crippen LogP contribution in [0.1, 0.15) is 60.9 Å². The fourth-order valence-electron chi connectivity index (χ4n) is 6.03. The first-order valence-corrected chi connectivity index (χ1v) is 18.2. The Morgan fingerprint density at radius 3 is 2.57 bits per heavy atom. The molecule has 0 radical (unpaired) electrons. The third-order valence-electron chi connectivity index (χ3n) is 9.19. The van der Waals surface area contributed by atoms with Crippen LogP contribution in [-0.4, -0.2) is 62.3 Å². The van der Waals surface area contributed by atoms with Gasteiger partial charge in [0.1, 0.15) is 18.2 Å². The third-order valence-corrected chi connectivity index (χ3v) is 9.43. The Hall–Kier alpha value is -5.10. The number of carbonyl (C=O) groups is 1. The number of nitrogens with one attached hydrogen (secondary N) is 2. The standard InChI is InChI=1S/C27H25ClFN5O2.C11H14N2.C3H6O/c1-33-25-8-7-21(30-17-35)14-24(25)31-26(33)15-34-11-9-18(10-12-34)23-3-2-4-27(32-23)36-16-19-5-6-20(28)13-22(19)29;1-7(2)11-9-6-8(3)4-5-10(9)12-13-11;1-2-4-3-1/h2-9,13-14,17H,10-12,15-16H2,1H3,(H,30,35);4-7H,1-3H3,(H,12,13);1-3H2. The maximum Gasteiger partial charge on any atom is 0.214 e. The second kappa shape index (κ2) is 17.6. The van der Waals surface area contributed by atoms with Gasteiger partial charge in [-0.05, 0) is 79.8 Å². The number of fused-ring (bicyclic) bond motifs is 2. The van der Waals surface area contributed by atoms with Crippen LogP contribution in [0.5, 0.6) is 5.88 Å². The molecule has 0 aliphatic carbocycles. The number of carbonyl (C=O) groups excluding carboxylic acids is 1. The number of aromatic nitrogens is 5. The summed E-state index contributed by atoms with van der Waals surface area (Å²) in [5, 5.41) is 11.6. The number of aryl methyl sites for hydroxylation is 2.